The van der Waals surface area contributed by atoms with Crippen LogP contribution >= 0.6 is 0 Å². The smallest absolute Gasteiger partial charge is 0.299 e. The van der Waals surface area contributed by atoms with Crippen molar-refractivity contribution in [3.05, 3.63) is 83.1 Å². The van der Waals surface area contributed by atoms with Crippen LogP contribution in [0.1, 0.15) is 35.0 Å². The van der Waals surface area contributed by atoms with Crippen LogP contribution in [0, 0.1) is 29.6 Å². The van der Waals surface area contributed by atoms with Gasteiger partial charge in [0.2, 0.25) is 6.79 Å². The average molecular weight is 759 g/mol. The second-order valence-corrected chi connectivity index (χ2v) is 14.9. The molecule has 11 atom stereocenters. The SMILES string of the molecule is COc1ccc(C2OCC3C2COC3C2C(=O)C=C3OCOC3(Oc3ccc(C4OCC5C(c6ccc7c(c6)OCO7)OCC45)cc3OC)C2O)cc1OC. The second-order valence-electron chi connectivity index (χ2n) is 14.9. The Hall–Kier alpha value is -4.57. The molecule has 10 rings (SSSR count). The van der Waals surface area contributed by atoms with E-state index in [1.165, 1.54) is 6.08 Å². The summed E-state index contributed by atoms with van der Waals surface area (Å²) in [5.41, 5.74) is 2.85. The number of carbonyl (C=O) groups is 1. The predicted octanol–water partition coefficient (Wildman–Crippen LogP) is 4.44. The maximum absolute atomic E-state index is 13.8. The van der Waals surface area contributed by atoms with E-state index in [1.54, 1.807) is 27.4 Å². The molecule has 55 heavy (non-hydrogen) atoms. The lowest BCUT2D eigenvalue weighted by Gasteiger charge is -2.41. The van der Waals surface area contributed by atoms with Crippen molar-refractivity contribution in [2.75, 3.05) is 61.3 Å². The molecule has 1 N–H and O–H groups in total. The average Bonchev–Trinajstić information content (AvgIpc) is 4.06. The molecule has 5 saturated heterocycles. The van der Waals surface area contributed by atoms with Gasteiger partial charge in [0.25, 0.3) is 5.79 Å². The van der Waals surface area contributed by atoms with E-state index >= 15 is 0 Å². The topological polar surface area (TPSA) is 148 Å². The molecule has 0 amide bonds. The van der Waals surface area contributed by atoms with E-state index < -0.39 is 23.9 Å². The zero-order valence-corrected chi connectivity index (χ0v) is 30.5. The molecule has 0 aromatic heterocycles. The maximum atomic E-state index is 13.8. The van der Waals surface area contributed by atoms with Crippen molar-refractivity contribution in [3.8, 4) is 34.5 Å². The van der Waals surface area contributed by atoms with E-state index in [9.17, 15) is 9.90 Å². The maximum Gasteiger partial charge on any atom is 0.299 e. The van der Waals surface area contributed by atoms with Crippen molar-refractivity contribution in [2.45, 2.75) is 36.3 Å². The summed E-state index contributed by atoms with van der Waals surface area (Å²) < 4.78 is 71.6. The highest BCUT2D eigenvalue weighted by atomic mass is 16.8. The fourth-order valence-electron chi connectivity index (χ4n) is 9.58. The molecular weight excluding hydrogens is 716 g/mol. The third-order valence-corrected chi connectivity index (χ3v) is 12.3. The lowest BCUT2D eigenvalue weighted by atomic mass is 9.75. The summed E-state index contributed by atoms with van der Waals surface area (Å²) in [6.45, 7) is 1.75. The third kappa shape index (κ3) is 5.48. The highest BCUT2D eigenvalue weighted by molar-refractivity contribution is 5.95. The van der Waals surface area contributed by atoms with Gasteiger partial charge in [0.15, 0.2) is 52.8 Å². The van der Waals surface area contributed by atoms with E-state index in [4.69, 9.17) is 56.8 Å². The van der Waals surface area contributed by atoms with Crippen LogP contribution in [0.3, 0.4) is 0 Å². The van der Waals surface area contributed by atoms with Gasteiger partial charge < -0.3 is 57.2 Å². The zero-order chi connectivity index (χ0) is 37.4. The minimum absolute atomic E-state index is 0.0614. The fourth-order valence-corrected chi connectivity index (χ4v) is 9.58. The molecule has 14 nitrogen and oxygen atoms in total. The van der Waals surface area contributed by atoms with Gasteiger partial charge in [-0.05, 0) is 53.1 Å². The minimum Gasteiger partial charge on any atom is -0.493 e. The van der Waals surface area contributed by atoms with E-state index in [0.717, 1.165) is 28.2 Å². The van der Waals surface area contributed by atoms with Crippen molar-refractivity contribution >= 4 is 5.78 Å². The van der Waals surface area contributed by atoms with Gasteiger partial charge in [-0.25, -0.2) is 0 Å². The number of methoxy groups -OCH3 is 3. The molecule has 1 aliphatic carbocycles. The number of rotatable bonds is 9. The van der Waals surface area contributed by atoms with Crippen molar-refractivity contribution in [3.63, 3.8) is 0 Å². The molecule has 6 aliphatic heterocycles. The highest BCUT2D eigenvalue weighted by Gasteiger charge is 2.63. The van der Waals surface area contributed by atoms with Gasteiger partial charge in [-0.15, -0.1) is 0 Å². The summed E-state index contributed by atoms with van der Waals surface area (Å²) in [5, 5.41) is 12.1. The molecule has 3 aromatic carbocycles. The van der Waals surface area contributed by atoms with Gasteiger partial charge in [0.05, 0.1) is 78.1 Å². The van der Waals surface area contributed by atoms with Crippen molar-refractivity contribution in [1.29, 1.82) is 0 Å². The molecule has 6 heterocycles. The Kier molecular flexibility index (Phi) is 8.61. The Morgan fingerprint density at radius 3 is 1.87 bits per heavy atom. The molecule has 3 aromatic rings. The number of fused-ring (bicyclic) bond motifs is 4. The molecule has 5 fully saturated rings. The Balaban J connectivity index is 0.875. The normalized spacial score (nSPS) is 35.5. The monoisotopic (exact) mass is 758 g/mol. The number of benzene rings is 3. The quantitative estimate of drug-likeness (QED) is 0.328. The largest absolute Gasteiger partial charge is 0.493 e. The molecule has 290 valence electrons. The number of aliphatic hydroxyl groups excluding tert-OH is 1. The van der Waals surface area contributed by atoms with Crippen molar-refractivity contribution < 1.29 is 66.7 Å². The first kappa shape index (κ1) is 34.9. The van der Waals surface area contributed by atoms with Crippen molar-refractivity contribution in [1.82, 2.24) is 0 Å². The van der Waals surface area contributed by atoms with Crippen molar-refractivity contribution in [2.24, 2.45) is 29.6 Å². The number of aliphatic hydroxyl groups is 1. The standard InChI is InChI=1S/C41H42O14/c1-44-28-7-4-20(10-31(28)45-2)37-25-16-50-39(26(25)17-49-37)35-27(42)13-34-41(40(35)43,54-19-53-34)55-30-9-6-21(11-32(30)46-3)36-23-14-48-38(24(23)15-47-36)22-5-8-29-33(12-22)52-18-51-29/h4-13,23-26,35-40,43H,14-19H2,1-3H3. The molecule has 0 spiro atoms. The molecule has 0 bridgehead atoms. The van der Waals surface area contributed by atoms with Gasteiger partial charge in [-0.3, -0.25) is 9.53 Å². The lowest BCUT2D eigenvalue weighted by molar-refractivity contribution is -0.220. The van der Waals surface area contributed by atoms with Crippen LogP contribution in [-0.4, -0.2) is 90.2 Å². The van der Waals surface area contributed by atoms with E-state index in [-0.39, 0.29) is 67.1 Å². The summed E-state index contributed by atoms with van der Waals surface area (Å²) in [6.07, 6.45) is -1.44. The summed E-state index contributed by atoms with van der Waals surface area (Å²) in [5.74, 6) is 0.317. The Labute approximate surface area is 317 Å². The summed E-state index contributed by atoms with van der Waals surface area (Å²) in [4.78, 5) is 13.8. The Bertz CT molecular complexity index is 2020. The van der Waals surface area contributed by atoms with Gasteiger partial charge in [0, 0.05) is 29.7 Å². The first-order chi connectivity index (χ1) is 26.9. The van der Waals surface area contributed by atoms with Crippen LogP contribution < -0.4 is 28.4 Å². The van der Waals surface area contributed by atoms with Gasteiger partial charge >= 0.3 is 0 Å². The Morgan fingerprint density at radius 2 is 1.18 bits per heavy atom. The van der Waals surface area contributed by atoms with Crippen LogP contribution in [0.25, 0.3) is 0 Å². The number of ether oxygens (including phenoxy) is 12. The summed E-state index contributed by atoms with van der Waals surface area (Å²) in [6, 6.07) is 17.2. The highest BCUT2D eigenvalue weighted by Crippen LogP contribution is 2.54. The number of allylic oxidation sites excluding steroid dienone is 1. The molecule has 14 heteroatoms. The first-order valence-electron chi connectivity index (χ1n) is 18.6. The predicted molar refractivity (Wildman–Crippen MR) is 188 cm³/mol. The van der Waals surface area contributed by atoms with Crippen LogP contribution in [0.4, 0.5) is 0 Å². The lowest BCUT2D eigenvalue weighted by Crippen LogP contribution is -2.59. The van der Waals surface area contributed by atoms with Crippen LogP contribution in [-0.2, 0) is 33.2 Å². The second kappa shape index (κ2) is 13.6. The van der Waals surface area contributed by atoms with Gasteiger partial charge in [0.1, 0.15) is 6.10 Å². The number of hydrogen-bond donors (Lipinski definition) is 1. The number of hydrogen-bond acceptors (Lipinski definition) is 14. The number of ketones is 1. The van der Waals surface area contributed by atoms with Crippen LogP contribution in [0.5, 0.6) is 34.5 Å². The fraction of sp³-hybridized carbons (Fsp3) is 0.488. The molecule has 11 unspecified atom stereocenters. The van der Waals surface area contributed by atoms with Gasteiger partial charge in [-0.1, -0.05) is 18.2 Å². The minimum atomic E-state index is -1.82. The van der Waals surface area contributed by atoms with E-state index in [2.05, 4.69) is 0 Å². The molecule has 7 aliphatic rings. The van der Waals surface area contributed by atoms with Crippen LogP contribution in [0.15, 0.2) is 66.4 Å². The first-order valence-corrected chi connectivity index (χ1v) is 18.6. The molecular formula is C41H42O14. The van der Waals surface area contributed by atoms with E-state index in [1.807, 2.05) is 48.5 Å². The molecule has 0 saturated carbocycles. The summed E-state index contributed by atoms with van der Waals surface area (Å²) >= 11 is 0. The molecule has 0 radical (unpaired) electrons. The van der Waals surface area contributed by atoms with Gasteiger partial charge in [-0.2, -0.15) is 0 Å². The summed E-state index contributed by atoms with van der Waals surface area (Å²) in [7, 11) is 4.72. The van der Waals surface area contributed by atoms with E-state index in [0.29, 0.717) is 49.4 Å². The van der Waals surface area contributed by atoms with Crippen LogP contribution in [0.2, 0.25) is 0 Å². The zero-order valence-electron chi connectivity index (χ0n) is 30.5. The third-order valence-electron chi connectivity index (χ3n) is 12.3. The Morgan fingerprint density at radius 1 is 0.618 bits per heavy atom. The number of carbonyl (C=O) groups excluding carboxylic acids is 1.